The Balaban J connectivity index is 1.63. The molecule has 0 radical (unpaired) electrons. The van der Waals surface area contributed by atoms with Crippen LogP contribution in [0.3, 0.4) is 0 Å². The number of nitrogens with one attached hydrogen (secondary N) is 1. The number of hydrogen-bond acceptors (Lipinski definition) is 5. The van der Waals surface area contributed by atoms with Gasteiger partial charge in [-0.15, -0.1) is 11.3 Å². The van der Waals surface area contributed by atoms with Crippen LogP contribution in [-0.4, -0.2) is 32.3 Å². The van der Waals surface area contributed by atoms with Crippen molar-refractivity contribution in [2.75, 3.05) is 6.54 Å². The molecule has 2 heterocycles. The molecule has 0 spiro atoms. The second-order valence-corrected chi connectivity index (χ2v) is 6.74. The van der Waals surface area contributed by atoms with Gasteiger partial charge in [0, 0.05) is 24.7 Å². The maximum absolute atomic E-state index is 12.3. The maximum atomic E-state index is 12.3. The van der Waals surface area contributed by atoms with Gasteiger partial charge >= 0.3 is 0 Å². The molecule has 0 aliphatic rings. The quantitative estimate of drug-likeness (QED) is 0.737. The Morgan fingerprint density at radius 2 is 2.00 bits per heavy atom. The Hall–Kier alpha value is -2.67. The lowest BCUT2D eigenvalue weighted by molar-refractivity contribution is 0.0950. The van der Waals surface area contributed by atoms with Crippen LogP contribution in [0.4, 0.5) is 0 Å². The summed E-state index contributed by atoms with van der Waals surface area (Å²) in [6.45, 7) is 4.46. The minimum Gasteiger partial charge on any atom is -0.508 e. The SMILES string of the molecule is Cc1nn(C)c(C)c1-c1nc(C(=O)NCCc2ccc(O)cc2)cs1. The number of nitrogens with zero attached hydrogens (tertiary/aromatic N) is 3. The van der Waals surface area contributed by atoms with Crippen LogP contribution >= 0.6 is 11.3 Å². The van der Waals surface area contributed by atoms with Gasteiger partial charge in [-0.05, 0) is 38.0 Å². The summed E-state index contributed by atoms with van der Waals surface area (Å²) in [5.41, 5.74) is 4.42. The molecule has 3 aromatic rings. The van der Waals surface area contributed by atoms with Gasteiger partial charge in [0.2, 0.25) is 0 Å². The van der Waals surface area contributed by atoms with Crippen LogP contribution in [0.1, 0.15) is 27.4 Å². The topological polar surface area (TPSA) is 80.0 Å². The molecule has 6 nitrogen and oxygen atoms in total. The number of aromatic hydroxyl groups is 1. The molecule has 0 saturated heterocycles. The Morgan fingerprint density at radius 1 is 1.28 bits per heavy atom. The lowest BCUT2D eigenvalue weighted by Gasteiger charge is -2.04. The zero-order valence-electron chi connectivity index (χ0n) is 14.4. The second-order valence-electron chi connectivity index (χ2n) is 5.88. The average Bonchev–Trinajstić information content (AvgIpc) is 3.14. The number of phenolic OH excluding ortho intramolecular Hbond substituents is 1. The number of rotatable bonds is 5. The highest BCUT2D eigenvalue weighted by Crippen LogP contribution is 2.29. The van der Waals surface area contributed by atoms with Crippen LogP contribution in [0.2, 0.25) is 0 Å². The van der Waals surface area contributed by atoms with Gasteiger partial charge in [0.15, 0.2) is 0 Å². The zero-order valence-corrected chi connectivity index (χ0v) is 15.2. The highest BCUT2D eigenvalue weighted by Gasteiger charge is 2.17. The van der Waals surface area contributed by atoms with Crippen LogP contribution in [0.5, 0.6) is 5.75 Å². The van der Waals surface area contributed by atoms with Crippen LogP contribution in [-0.2, 0) is 13.5 Å². The number of hydrogen-bond donors (Lipinski definition) is 2. The molecular weight excluding hydrogens is 336 g/mol. The molecule has 0 fully saturated rings. The first kappa shape index (κ1) is 17.2. The van der Waals surface area contributed by atoms with E-state index in [1.165, 1.54) is 11.3 Å². The van der Waals surface area contributed by atoms with Crippen LogP contribution in [0.25, 0.3) is 10.6 Å². The van der Waals surface area contributed by atoms with Crippen LogP contribution in [0, 0.1) is 13.8 Å². The molecule has 0 atom stereocenters. The Kier molecular flexibility index (Phi) is 4.85. The molecule has 7 heteroatoms. The van der Waals surface area contributed by atoms with Gasteiger partial charge in [0.1, 0.15) is 16.5 Å². The molecule has 25 heavy (non-hydrogen) atoms. The molecule has 0 saturated carbocycles. The molecule has 1 aromatic carbocycles. The Labute approximate surface area is 150 Å². The molecule has 0 unspecified atom stereocenters. The second kappa shape index (κ2) is 7.06. The monoisotopic (exact) mass is 356 g/mol. The molecular formula is C18H20N4O2S. The first-order chi connectivity index (χ1) is 12.0. The maximum Gasteiger partial charge on any atom is 0.270 e. The summed E-state index contributed by atoms with van der Waals surface area (Å²) in [5, 5.41) is 19.1. The third-order valence-electron chi connectivity index (χ3n) is 4.10. The predicted octanol–water partition coefficient (Wildman–Crippen LogP) is 2.84. The molecule has 0 bridgehead atoms. The summed E-state index contributed by atoms with van der Waals surface area (Å²) in [6, 6.07) is 6.97. The lowest BCUT2D eigenvalue weighted by Crippen LogP contribution is -2.25. The number of carbonyl (C=O) groups excluding carboxylic acids is 1. The first-order valence-electron chi connectivity index (χ1n) is 7.98. The fourth-order valence-electron chi connectivity index (χ4n) is 2.65. The summed E-state index contributed by atoms with van der Waals surface area (Å²) in [7, 11) is 1.90. The standard InChI is InChI=1S/C18H20N4O2S/c1-11-16(12(2)22(3)21-11)18-20-15(10-25-18)17(24)19-9-8-13-4-6-14(23)7-5-13/h4-7,10,23H,8-9H2,1-3H3,(H,19,24). The van der Waals surface area contributed by atoms with E-state index in [0.717, 1.165) is 27.5 Å². The van der Waals surface area contributed by atoms with Gasteiger partial charge in [-0.25, -0.2) is 4.98 Å². The van der Waals surface area contributed by atoms with E-state index in [1.807, 2.05) is 37.7 Å². The van der Waals surface area contributed by atoms with E-state index >= 15 is 0 Å². The van der Waals surface area contributed by atoms with Crippen molar-refractivity contribution < 1.29 is 9.90 Å². The smallest absolute Gasteiger partial charge is 0.270 e. The van der Waals surface area contributed by atoms with Gasteiger partial charge < -0.3 is 10.4 Å². The molecule has 2 aromatic heterocycles. The Bertz CT molecular complexity index is 896. The molecule has 130 valence electrons. The number of phenols is 1. The van der Waals surface area contributed by atoms with Crippen molar-refractivity contribution in [3.05, 3.63) is 52.3 Å². The largest absolute Gasteiger partial charge is 0.508 e. The molecule has 3 rings (SSSR count). The van der Waals surface area contributed by atoms with E-state index in [-0.39, 0.29) is 11.7 Å². The van der Waals surface area contributed by atoms with E-state index in [1.54, 1.807) is 17.5 Å². The summed E-state index contributed by atoms with van der Waals surface area (Å²) in [6.07, 6.45) is 0.698. The zero-order chi connectivity index (χ0) is 18.0. The van der Waals surface area contributed by atoms with Gasteiger partial charge in [0.05, 0.1) is 11.3 Å². The number of aromatic nitrogens is 3. The normalized spacial score (nSPS) is 10.8. The summed E-state index contributed by atoms with van der Waals surface area (Å²) >= 11 is 1.45. The van der Waals surface area contributed by atoms with Crippen molar-refractivity contribution in [3.8, 4) is 16.3 Å². The minimum absolute atomic E-state index is 0.180. The summed E-state index contributed by atoms with van der Waals surface area (Å²) < 4.78 is 1.82. The molecule has 1 amide bonds. The number of carbonyl (C=O) groups is 1. The number of amides is 1. The average molecular weight is 356 g/mol. The number of thiazole rings is 1. The summed E-state index contributed by atoms with van der Waals surface area (Å²) in [4.78, 5) is 16.8. The van der Waals surface area contributed by atoms with Crippen molar-refractivity contribution in [1.82, 2.24) is 20.1 Å². The first-order valence-corrected chi connectivity index (χ1v) is 8.86. The highest BCUT2D eigenvalue weighted by molar-refractivity contribution is 7.13. The van der Waals surface area contributed by atoms with Crippen LogP contribution < -0.4 is 5.32 Å². The van der Waals surface area contributed by atoms with E-state index < -0.39 is 0 Å². The van der Waals surface area contributed by atoms with Crippen LogP contribution in [0.15, 0.2) is 29.6 Å². The minimum atomic E-state index is -0.180. The van der Waals surface area contributed by atoms with Crippen molar-refractivity contribution in [3.63, 3.8) is 0 Å². The Morgan fingerprint density at radius 3 is 2.64 bits per heavy atom. The number of aryl methyl sites for hydroxylation is 2. The fourth-order valence-corrected chi connectivity index (χ4v) is 3.60. The molecule has 0 aliphatic carbocycles. The van der Waals surface area contributed by atoms with E-state index in [4.69, 9.17) is 0 Å². The highest BCUT2D eigenvalue weighted by atomic mass is 32.1. The van der Waals surface area contributed by atoms with E-state index in [2.05, 4.69) is 15.4 Å². The molecule has 0 aliphatic heterocycles. The lowest BCUT2D eigenvalue weighted by atomic mass is 10.1. The van der Waals surface area contributed by atoms with Gasteiger partial charge in [0.25, 0.3) is 5.91 Å². The third kappa shape index (κ3) is 3.71. The van der Waals surface area contributed by atoms with Crippen molar-refractivity contribution in [2.45, 2.75) is 20.3 Å². The van der Waals surface area contributed by atoms with Crippen molar-refractivity contribution in [2.24, 2.45) is 7.05 Å². The van der Waals surface area contributed by atoms with Crippen molar-refractivity contribution >= 4 is 17.2 Å². The van der Waals surface area contributed by atoms with E-state index in [0.29, 0.717) is 18.7 Å². The van der Waals surface area contributed by atoms with Gasteiger partial charge in [-0.2, -0.15) is 5.10 Å². The summed E-state index contributed by atoms with van der Waals surface area (Å²) in [5.74, 6) is 0.0595. The third-order valence-corrected chi connectivity index (χ3v) is 4.96. The fraction of sp³-hybridized carbons (Fsp3) is 0.278. The number of benzene rings is 1. The van der Waals surface area contributed by atoms with Crippen molar-refractivity contribution in [1.29, 1.82) is 0 Å². The van der Waals surface area contributed by atoms with Gasteiger partial charge in [-0.1, -0.05) is 12.1 Å². The predicted molar refractivity (Wildman–Crippen MR) is 97.9 cm³/mol. The molecule has 2 N–H and O–H groups in total. The van der Waals surface area contributed by atoms with Gasteiger partial charge in [-0.3, -0.25) is 9.48 Å². The van der Waals surface area contributed by atoms with E-state index in [9.17, 15) is 9.90 Å².